The van der Waals surface area contributed by atoms with E-state index in [1.807, 2.05) is 0 Å². The molecule has 1 aromatic rings. The molecule has 90 valence electrons. The number of furan rings is 1. The number of aromatic carboxylic acids is 1. The number of hydrogen-bond donors (Lipinski definition) is 2. The minimum atomic E-state index is -1.01. The van der Waals surface area contributed by atoms with E-state index in [0.717, 1.165) is 13.0 Å². The van der Waals surface area contributed by atoms with Crippen LogP contribution in [0.3, 0.4) is 0 Å². The third kappa shape index (κ3) is 3.38. The Bertz CT molecular complexity index is 357. The second-order valence-electron chi connectivity index (χ2n) is 4.17. The number of carboxylic acids is 1. The fraction of sp³-hybridized carbons (Fsp3) is 0.583. The predicted octanol–water partition coefficient (Wildman–Crippen LogP) is 2.42. The van der Waals surface area contributed by atoms with Crippen molar-refractivity contribution in [2.45, 2.75) is 33.7 Å². The summed E-state index contributed by atoms with van der Waals surface area (Å²) in [4.78, 5) is 10.7. The first-order chi connectivity index (χ1) is 7.54. The van der Waals surface area contributed by atoms with Crippen LogP contribution in [0.15, 0.2) is 10.5 Å². The van der Waals surface area contributed by atoms with Crippen LogP contribution in [0.2, 0.25) is 0 Å². The molecule has 1 heterocycles. The first-order valence-corrected chi connectivity index (χ1v) is 5.57. The molecule has 1 aromatic heterocycles. The highest BCUT2D eigenvalue weighted by Gasteiger charge is 2.13. The van der Waals surface area contributed by atoms with Crippen LogP contribution in [-0.2, 0) is 6.54 Å². The Hall–Kier alpha value is -1.29. The van der Waals surface area contributed by atoms with E-state index in [0.29, 0.717) is 23.8 Å². The molecule has 0 aliphatic carbocycles. The first-order valence-electron chi connectivity index (χ1n) is 5.57. The molecule has 0 aromatic carbocycles. The SMILES string of the molecule is CCC(C)CNCc1cc(C)c(C(=O)O)o1. The van der Waals surface area contributed by atoms with Crippen molar-refractivity contribution in [2.75, 3.05) is 6.54 Å². The van der Waals surface area contributed by atoms with Gasteiger partial charge in [0.1, 0.15) is 5.76 Å². The molecule has 16 heavy (non-hydrogen) atoms. The number of hydrogen-bond acceptors (Lipinski definition) is 3. The van der Waals surface area contributed by atoms with E-state index in [9.17, 15) is 4.79 Å². The third-order valence-corrected chi connectivity index (χ3v) is 2.65. The number of carbonyl (C=O) groups is 1. The summed E-state index contributed by atoms with van der Waals surface area (Å²) in [6, 6.07) is 1.77. The van der Waals surface area contributed by atoms with Gasteiger partial charge >= 0.3 is 5.97 Å². The van der Waals surface area contributed by atoms with Gasteiger partial charge in [0.25, 0.3) is 0 Å². The molecular weight excluding hydrogens is 206 g/mol. The molecule has 1 unspecified atom stereocenters. The number of nitrogens with one attached hydrogen (secondary N) is 1. The number of rotatable bonds is 6. The van der Waals surface area contributed by atoms with Gasteiger partial charge in [0.2, 0.25) is 5.76 Å². The lowest BCUT2D eigenvalue weighted by atomic mass is 10.1. The smallest absolute Gasteiger partial charge is 0.372 e. The Morgan fingerprint density at radius 2 is 2.31 bits per heavy atom. The van der Waals surface area contributed by atoms with Gasteiger partial charge < -0.3 is 14.8 Å². The average molecular weight is 225 g/mol. The monoisotopic (exact) mass is 225 g/mol. The number of carboxylic acid groups (broad SMARTS) is 1. The summed E-state index contributed by atoms with van der Waals surface area (Å²) in [7, 11) is 0. The lowest BCUT2D eigenvalue weighted by Gasteiger charge is -2.08. The van der Waals surface area contributed by atoms with Crippen LogP contribution < -0.4 is 5.32 Å². The molecule has 4 heteroatoms. The molecule has 0 aliphatic heterocycles. The van der Waals surface area contributed by atoms with E-state index in [-0.39, 0.29) is 5.76 Å². The molecule has 0 aliphatic rings. The Kier molecular flexibility index (Phi) is 4.55. The molecule has 0 fully saturated rings. The van der Waals surface area contributed by atoms with E-state index >= 15 is 0 Å². The van der Waals surface area contributed by atoms with Gasteiger partial charge in [0.05, 0.1) is 6.54 Å². The maximum Gasteiger partial charge on any atom is 0.372 e. The average Bonchev–Trinajstić information content (AvgIpc) is 2.59. The first kappa shape index (κ1) is 12.8. The van der Waals surface area contributed by atoms with Crippen molar-refractivity contribution in [3.05, 3.63) is 23.2 Å². The lowest BCUT2D eigenvalue weighted by Crippen LogP contribution is -2.19. The van der Waals surface area contributed by atoms with Crippen molar-refractivity contribution >= 4 is 5.97 Å². The van der Waals surface area contributed by atoms with Gasteiger partial charge in [0.15, 0.2) is 0 Å². The van der Waals surface area contributed by atoms with E-state index < -0.39 is 5.97 Å². The predicted molar refractivity (Wildman–Crippen MR) is 61.6 cm³/mol. The summed E-state index contributed by atoms with van der Waals surface area (Å²) in [5.41, 5.74) is 0.674. The molecule has 0 spiro atoms. The summed E-state index contributed by atoms with van der Waals surface area (Å²) in [5.74, 6) is 0.333. The Labute approximate surface area is 95.7 Å². The van der Waals surface area contributed by atoms with E-state index in [2.05, 4.69) is 19.2 Å². The van der Waals surface area contributed by atoms with Crippen molar-refractivity contribution in [3.8, 4) is 0 Å². The standard InChI is InChI=1S/C12H19NO3/c1-4-8(2)6-13-7-10-5-9(3)11(16-10)12(14)15/h5,8,13H,4,6-7H2,1-3H3,(H,14,15). The molecule has 0 radical (unpaired) electrons. The molecule has 0 saturated carbocycles. The van der Waals surface area contributed by atoms with Crippen molar-refractivity contribution in [3.63, 3.8) is 0 Å². The zero-order chi connectivity index (χ0) is 12.1. The fourth-order valence-corrected chi connectivity index (χ4v) is 1.43. The second-order valence-corrected chi connectivity index (χ2v) is 4.17. The highest BCUT2D eigenvalue weighted by Crippen LogP contribution is 2.14. The van der Waals surface area contributed by atoms with Gasteiger partial charge in [-0.25, -0.2) is 4.79 Å². The summed E-state index contributed by atoms with van der Waals surface area (Å²) in [6.07, 6.45) is 1.13. The van der Waals surface area contributed by atoms with Crippen molar-refractivity contribution in [1.29, 1.82) is 0 Å². The highest BCUT2D eigenvalue weighted by molar-refractivity contribution is 5.86. The van der Waals surface area contributed by atoms with Gasteiger partial charge in [-0.2, -0.15) is 0 Å². The van der Waals surface area contributed by atoms with Gasteiger partial charge in [-0.3, -0.25) is 0 Å². The zero-order valence-corrected chi connectivity index (χ0v) is 10.0. The quantitative estimate of drug-likeness (QED) is 0.780. The fourth-order valence-electron chi connectivity index (χ4n) is 1.43. The summed E-state index contributed by atoms with van der Waals surface area (Å²) in [6.45, 7) is 7.55. The minimum Gasteiger partial charge on any atom is -0.475 e. The topological polar surface area (TPSA) is 62.5 Å². The van der Waals surface area contributed by atoms with Gasteiger partial charge in [-0.05, 0) is 25.5 Å². The van der Waals surface area contributed by atoms with Crippen molar-refractivity contribution < 1.29 is 14.3 Å². The maximum atomic E-state index is 10.7. The van der Waals surface area contributed by atoms with Crippen LogP contribution >= 0.6 is 0 Å². The normalized spacial score (nSPS) is 12.7. The molecule has 1 atom stereocenters. The molecule has 0 bridgehead atoms. The molecular formula is C12H19NO3. The van der Waals surface area contributed by atoms with Gasteiger partial charge in [-0.1, -0.05) is 20.3 Å². The van der Waals surface area contributed by atoms with E-state index in [1.165, 1.54) is 0 Å². The Balaban J connectivity index is 2.49. The molecule has 1 rings (SSSR count). The van der Waals surface area contributed by atoms with Crippen LogP contribution in [0.4, 0.5) is 0 Å². The Morgan fingerprint density at radius 3 is 2.81 bits per heavy atom. The Morgan fingerprint density at radius 1 is 1.62 bits per heavy atom. The van der Waals surface area contributed by atoms with Crippen LogP contribution in [0.5, 0.6) is 0 Å². The molecule has 0 saturated heterocycles. The zero-order valence-electron chi connectivity index (χ0n) is 10.0. The lowest BCUT2D eigenvalue weighted by molar-refractivity contribution is 0.0659. The second kappa shape index (κ2) is 5.70. The van der Waals surface area contributed by atoms with Crippen LogP contribution in [-0.4, -0.2) is 17.6 Å². The van der Waals surface area contributed by atoms with Crippen LogP contribution in [0.1, 0.15) is 42.1 Å². The van der Waals surface area contributed by atoms with E-state index in [1.54, 1.807) is 13.0 Å². The number of aryl methyl sites for hydroxylation is 1. The highest BCUT2D eigenvalue weighted by atomic mass is 16.4. The summed E-state index contributed by atoms with van der Waals surface area (Å²) >= 11 is 0. The van der Waals surface area contributed by atoms with Crippen LogP contribution in [0, 0.1) is 12.8 Å². The van der Waals surface area contributed by atoms with E-state index in [4.69, 9.17) is 9.52 Å². The molecule has 2 N–H and O–H groups in total. The summed E-state index contributed by atoms with van der Waals surface area (Å²) in [5, 5.41) is 12.1. The summed E-state index contributed by atoms with van der Waals surface area (Å²) < 4.78 is 5.23. The van der Waals surface area contributed by atoms with Gasteiger partial charge in [-0.15, -0.1) is 0 Å². The van der Waals surface area contributed by atoms with Crippen LogP contribution in [0.25, 0.3) is 0 Å². The van der Waals surface area contributed by atoms with Gasteiger partial charge in [0, 0.05) is 5.56 Å². The minimum absolute atomic E-state index is 0.0420. The van der Waals surface area contributed by atoms with Crippen molar-refractivity contribution in [2.24, 2.45) is 5.92 Å². The molecule has 0 amide bonds. The molecule has 4 nitrogen and oxygen atoms in total. The van der Waals surface area contributed by atoms with Crippen molar-refractivity contribution in [1.82, 2.24) is 5.32 Å². The largest absolute Gasteiger partial charge is 0.475 e. The third-order valence-electron chi connectivity index (χ3n) is 2.65. The maximum absolute atomic E-state index is 10.7.